The number of rotatable bonds is 6. The number of hydrogen-bond donors (Lipinski definition) is 2. The number of carboxylic acids is 1. The average Bonchev–Trinajstić information content (AvgIpc) is 2.73. The molecule has 1 heterocycles. The molecular weight excluding hydrogens is 435 g/mol. The van der Waals surface area contributed by atoms with Crippen molar-refractivity contribution in [1.29, 1.82) is 0 Å². The number of aryl methyl sites for hydroxylation is 1. The van der Waals surface area contributed by atoms with Gasteiger partial charge >= 0.3 is 12.1 Å². The van der Waals surface area contributed by atoms with Crippen molar-refractivity contribution < 1.29 is 31.5 Å². The first kappa shape index (κ1) is 22.2. The largest absolute Gasteiger partial charge is 0.478 e. The first-order chi connectivity index (χ1) is 14.5. The second kappa shape index (κ2) is 8.34. The van der Waals surface area contributed by atoms with Gasteiger partial charge < -0.3 is 5.11 Å². The number of aromatic carboxylic acids is 1. The third kappa shape index (κ3) is 4.82. The predicted octanol–water partition coefficient (Wildman–Crippen LogP) is 4.22. The van der Waals surface area contributed by atoms with Gasteiger partial charge in [0.2, 0.25) is 0 Å². The van der Waals surface area contributed by atoms with Crippen molar-refractivity contribution in [2.45, 2.75) is 24.4 Å². The number of anilines is 1. The molecule has 3 rings (SSSR count). The lowest BCUT2D eigenvalue weighted by Crippen LogP contribution is -2.17. The quantitative estimate of drug-likeness (QED) is 0.581. The van der Waals surface area contributed by atoms with Crippen LogP contribution in [-0.4, -0.2) is 29.5 Å². The number of carboxylic acid groups (broad SMARTS) is 1. The van der Waals surface area contributed by atoms with Crippen LogP contribution in [0.1, 0.15) is 28.4 Å². The van der Waals surface area contributed by atoms with Crippen molar-refractivity contribution in [3.05, 3.63) is 71.5 Å². The second-order valence-electron chi connectivity index (χ2n) is 6.42. The molecule has 0 atom stereocenters. The zero-order valence-corrected chi connectivity index (χ0v) is 16.8. The van der Waals surface area contributed by atoms with Crippen LogP contribution >= 0.6 is 0 Å². The van der Waals surface area contributed by atoms with E-state index in [2.05, 4.69) is 14.7 Å². The number of carbonyl (C=O) groups is 1. The summed E-state index contributed by atoms with van der Waals surface area (Å²) >= 11 is 0. The number of alkyl halides is 3. The highest BCUT2D eigenvalue weighted by molar-refractivity contribution is 7.92. The molecule has 0 saturated heterocycles. The van der Waals surface area contributed by atoms with E-state index in [9.17, 15) is 31.5 Å². The molecule has 3 aromatic rings. The van der Waals surface area contributed by atoms with Crippen LogP contribution < -0.4 is 4.72 Å². The average molecular weight is 451 g/mol. The third-order valence-electron chi connectivity index (χ3n) is 4.38. The van der Waals surface area contributed by atoms with Crippen LogP contribution in [0, 0.1) is 0 Å². The lowest BCUT2D eigenvalue weighted by Gasteiger charge is -2.16. The van der Waals surface area contributed by atoms with E-state index >= 15 is 0 Å². The second-order valence-corrected chi connectivity index (χ2v) is 8.07. The lowest BCUT2D eigenvalue weighted by molar-refractivity contribution is -0.137. The number of nitrogens with one attached hydrogen (secondary N) is 1. The molecule has 7 nitrogen and oxygen atoms in total. The molecule has 2 N–H and O–H groups in total. The van der Waals surface area contributed by atoms with Gasteiger partial charge in [-0.15, -0.1) is 0 Å². The number of halogens is 3. The molecule has 0 bridgehead atoms. The lowest BCUT2D eigenvalue weighted by atomic mass is 10.1. The maximum atomic E-state index is 13.2. The molecule has 162 valence electrons. The standard InChI is InChI=1S/C20H16F3N3O4S/c1-2-12-4-5-13(19(27)28)10-17(12)31(29,30)26-16-11-14(20(21,22)23)6-7-15(16)18-24-8-3-9-25-18/h3-11,26H,2H2,1H3,(H,27,28). The number of sulfonamides is 1. The Morgan fingerprint density at radius 1 is 1.10 bits per heavy atom. The maximum Gasteiger partial charge on any atom is 0.416 e. The highest BCUT2D eigenvalue weighted by Gasteiger charge is 2.32. The zero-order valence-electron chi connectivity index (χ0n) is 16.0. The summed E-state index contributed by atoms with van der Waals surface area (Å²) in [5, 5.41) is 9.19. The molecule has 0 aliphatic heterocycles. The van der Waals surface area contributed by atoms with Crippen molar-refractivity contribution in [2.24, 2.45) is 0 Å². The summed E-state index contributed by atoms with van der Waals surface area (Å²) in [5.74, 6) is -1.32. The molecule has 0 amide bonds. The van der Waals surface area contributed by atoms with Gasteiger partial charge in [-0.1, -0.05) is 13.0 Å². The van der Waals surface area contributed by atoms with Crippen LogP contribution in [0.3, 0.4) is 0 Å². The van der Waals surface area contributed by atoms with E-state index in [4.69, 9.17) is 0 Å². The molecule has 2 aromatic carbocycles. The Morgan fingerprint density at radius 2 is 1.77 bits per heavy atom. The summed E-state index contributed by atoms with van der Waals surface area (Å²) in [6, 6.07) is 7.60. The van der Waals surface area contributed by atoms with Crippen LogP contribution in [0.15, 0.2) is 59.8 Å². The van der Waals surface area contributed by atoms with Crippen LogP contribution in [0.5, 0.6) is 0 Å². The van der Waals surface area contributed by atoms with Gasteiger partial charge in [0.25, 0.3) is 10.0 Å². The van der Waals surface area contributed by atoms with Crippen molar-refractivity contribution >= 4 is 21.7 Å². The first-order valence-electron chi connectivity index (χ1n) is 8.90. The maximum absolute atomic E-state index is 13.2. The Labute approximate surface area is 175 Å². The number of aromatic nitrogens is 2. The van der Waals surface area contributed by atoms with Crippen molar-refractivity contribution in [3.8, 4) is 11.4 Å². The van der Waals surface area contributed by atoms with Crippen LogP contribution in [0.2, 0.25) is 0 Å². The van der Waals surface area contributed by atoms with Gasteiger partial charge in [-0.05, 0) is 48.4 Å². The van der Waals surface area contributed by atoms with E-state index in [1.54, 1.807) is 6.92 Å². The summed E-state index contributed by atoms with van der Waals surface area (Å²) in [6.07, 6.45) is -1.73. The van der Waals surface area contributed by atoms with Crippen LogP contribution in [0.4, 0.5) is 18.9 Å². The summed E-state index contributed by atoms with van der Waals surface area (Å²) in [5.41, 5.74) is -1.39. The Hall–Kier alpha value is -3.47. The monoisotopic (exact) mass is 451 g/mol. The molecule has 0 fully saturated rings. The highest BCUT2D eigenvalue weighted by Crippen LogP contribution is 2.36. The topological polar surface area (TPSA) is 109 Å². The van der Waals surface area contributed by atoms with E-state index < -0.39 is 27.7 Å². The van der Waals surface area contributed by atoms with Gasteiger partial charge in [-0.2, -0.15) is 13.2 Å². The minimum absolute atomic E-state index is 0.0175. The van der Waals surface area contributed by atoms with Crippen molar-refractivity contribution in [1.82, 2.24) is 9.97 Å². The third-order valence-corrected chi connectivity index (χ3v) is 5.83. The van der Waals surface area contributed by atoms with E-state index in [0.717, 1.165) is 18.2 Å². The Morgan fingerprint density at radius 3 is 2.35 bits per heavy atom. The van der Waals surface area contributed by atoms with E-state index in [0.29, 0.717) is 11.6 Å². The Kier molecular flexibility index (Phi) is 5.98. The van der Waals surface area contributed by atoms with Crippen molar-refractivity contribution in [2.75, 3.05) is 4.72 Å². The highest BCUT2D eigenvalue weighted by atomic mass is 32.2. The molecule has 11 heteroatoms. The fourth-order valence-corrected chi connectivity index (χ4v) is 4.28. The molecule has 0 aliphatic rings. The van der Waals surface area contributed by atoms with Crippen molar-refractivity contribution in [3.63, 3.8) is 0 Å². The fourth-order valence-electron chi connectivity index (χ4n) is 2.87. The molecule has 0 aliphatic carbocycles. The SMILES string of the molecule is CCc1ccc(C(=O)O)cc1S(=O)(=O)Nc1cc(C(F)(F)F)ccc1-c1ncccn1. The van der Waals surface area contributed by atoms with Crippen LogP contribution in [-0.2, 0) is 22.6 Å². The molecular formula is C20H16F3N3O4S. The minimum Gasteiger partial charge on any atom is -0.478 e. The van der Waals surface area contributed by atoms with Gasteiger partial charge in [-0.3, -0.25) is 4.72 Å². The number of benzene rings is 2. The molecule has 1 aromatic heterocycles. The fraction of sp³-hybridized carbons (Fsp3) is 0.150. The number of hydrogen-bond acceptors (Lipinski definition) is 5. The summed E-state index contributed by atoms with van der Waals surface area (Å²) in [6.45, 7) is 1.67. The molecule has 0 spiro atoms. The first-order valence-corrected chi connectivity index (χ1v) is 10.4. The zero-order chi connectivity index (χ0) is 22.8. The normalized spacial score (nSPS) is 11.9. The van der Waals surface area contributed by atoms with Crippen LogP contribution in [0.25, 0.3) is 11.4 Å². The van der Waals surface area contributed by atoms with Gasteiger partial charge in [0.05, 0.1) is 21.7 Å². The molecule has 0 saturated carbocycles. The number of nitrogens with zero attached hydrogens (tertiary/aromatic N) is 2. The predicted molar refractivity (Wildman–Crippen MR) is 106 cm³/mol. The van der Waals surface area contributed by atoms with E-state index in [1.807, 2.05) is 0 Å². The Balaban J connectivity index is 2.17. The van der Waals surface area contributed by atoms with Gasteiger partial charge in [0.1, 0.15) is 0 Å². The van der Waals surface area contributed by atoms with Gasteiger partial charge in [0, 0.05) is 18.0 Å². The van der Waals surface area contributed by atoms with Gasteiger partial charge in [-0.25, -0.2) is 23.2 Å². The van der Waals surface area contributed by atoms with E-state index in [-0.39, 0.29) is 34.0 Å². The van der Waals surface area contributed by atoms with E-state index in [1.165, 1.54) is 30.6 Å². The summed E-state index contributed by atoms with van der Waals surface area (Å²) in [4.78, 5) is 18.9. The Bertz CT molecular complexity index is 1230. The smallest absolute Gasteiger partial charge is 0.416 e. The summed E-state index contributed by atoms with van der Waals surface area (Å²) in [7, 11) is -4.44. The molecule has 0 radical (unpaired) electrons. The molecule has 0 unspecified atom stereocenters. The van der Waals surface area contributed by atoms with Gasteiger partial charge in [0.15, 0.2) is 5.82 Å². The minimum atomic E-state index is -4.71. The summed E-state index contributed by atoms with van der Waals surface area (Å²) < 4.78 is 68.0. The molecule has 31 heavy (non-hydrogen) atoms.